The molecule has 0 N–H and O–H groups in total. The van der Waals surface area contributed by atoms with E-state index in [2.05, 4.69) is 223 Å². The number of fused-ring (bicyclic) bond motifs is 3. The summed E-state index contributed by atoms with van der Waals surface area (Å²) >= 11 is 0. The van der Waals surface area contributed by atoms with E-state index >= 15 is 0 Å². The number of hydrogen-bond donors (Lipinski definition) is 0. The molecule has 0 atom stereocenters. The molecule has 0 saturated heterocycles. The topological polar surface area (TPSA) is 16.4 Å². The van der Waals surface area contributed by atoms with Crippen molar-refractivity contribution in [1.29, 1.82) is 0 Å². The monoisotopic (exact) mass is 765 g/mol. The van der Waals surface area contributed by atoms with E-state index in [1.165, 1.54) is 49.4 Å². The van der Waals surface area contributed by atoms with Gasteiger partial charge in [0.15, 0.2) is 0 Å². The molecule has 1 heterocycles. The average Bonchev–Trinajstić information content (AvgIpc) is 3.77. The number of nitrogens with zero attached hydrogens (tertiary/aromatic N) is 1. The van der Waals surface area contributed by atoms with Gasteiger partial charge in [0.2, 0.25) is 0 Å². The van der Waals surface area contributed by atoms with Crippen molar-refractivity contribution in [3.8, 4) is 55.8 Å². The van der Waals surface area contributed by atoms with E-state index < -0.39 is 0 Å². The molecule has 11 aromatic rings. The van der Waals surface area contributed by atoms with E-state index in [1.54, 1.807) is 0 Å². The predicted molar refractivity (Wildman–Crippen MR) is 253 cm³/mol. The first-order chi connectivity index (χ1) is 29.7. The molecule has 0 unspecified atom stereocenters. The van der Waals surface area contributed by atoms with Crippen molar-refractivity contribution >= 4 is 49.6 Å². The molecule has 11 rings (SSSR count). The van der Waals surface area contributed by atoms with E-state index in [9.17, 15) is 0 Å². The van der Waals surface area contributed by atoms with Gasteiger partial charge in [-0.2, -0.15) is 0 Å². The van der Waals surface area contributed by atoms with Crippen LogP contribution in [0.15, 0.2) is 241 Å². The SMILES string of the molecule is c1ccc(-c2cc3ccccc3o2)c(-c2ccc(-c3ccc(N(c4ccc(-c5ccc(-c6cccc7ccccc67)cc5)cc4)c4cccc5ccccc45)cc3)cc2)c1. The van der Waals surface area contributed by atoms with Gasteiger partial charge in [0.05, 0.1) is 5.69 Å². The Morgan fingerprint density at radius 1 is 0.283 bits per heavy atom. The van der Waals surface area contributed by atoms with Crippen LogP contribution in [-0.2, 0) is 0 Å². The molecular weight excluding hydrogens is 727 g/mol. The van der Waals surface area contributed by atoms with Gasteiger partial charge in [-0.25, -0.2) is 0 Å². The first-order valence-corrected chi connectivity index (χ1v) is 20.5. The summed E-state index contributed by atoms with van der Waals surface area (Å²) in [5, 5.41) is 6.05. The Bertz CT molecular complexity index is 3240. The van der Waals surface area contributed by atoms with Gasteiger partial charge in [0, 0.05) is 27.7 Å². The maximum Gasteiger partial charge on any atom is 0.136 e. The standard InChI is InChI=1S/C58H39NO/c1-4-16-51-44(11-1)14-9-20-52(51)46-27-23-40(24-28-46)42-31-35-49(36-32-42)59(56-21-10-15-45-12-2-5-18-54(45)56)50-37-33-43(34-38-50)41-25-29-47(30-26-41)53-17-6-7-19-55(53)58-39-48-13-3-8-22-57(48)60-58/h1-39H. The molecule has 0 spiro atoms. The number of furan rings is 1. The molecule has 0 bridgehead atoms. The van der Waals surface area contributed by atoms with Gasteiger partial charge in [0.25, 0.3) is 0 Å². The van der Waals surface area contributed by atoms with Gasteiger partial charge in [-0.15, -0.1) is 0 Å². The molecule has 2 nitrogen and oxygen atoms in total. The van der Waals surface area contributed by atoms with Crippen LogP contribution in [0.4, 0.5) is 17.1 Å². The second-order valence-corrected chi connectivity index (χ2v) is 15.3. The van der Waals surface area contributed by atoms with E-state index in [-0.39, 0.29) is 0 Å². The van der Waals surface area contributed by atoms with Gasteiger partial charge in [-0.1, -0.05) is 194 Å². The highest BCUT2D eigenvalue weighted by molar-refractivity contribution is 6.00. The van der Waals surface area contributed by atoms with E-state index in [0.29, 0.717) is 0 Å². The predicted octanol–water partition coefficient (Wildman–Crippen LogP) is 16.5. The average molecular weight is 766 g/mol. The fraction of sp³-hybridized carbons (Fsp3) is 0. The number of benzene rings is 10. The minimum absolute atomic E-state index is 0.878. The molecule has 0 aliphatic rings. The lowest BCUT2D eigenvalue weighted by Crippen LogP contribution is -2.10. The summed E-state index contributed by atoms with van der Waals surface area (Å²) in [4.78, 5) is 2.37. The van der Waals surface area contributed by atoms with E-state index in [0.717, 1.165) is 56.0 Å². The van der Waals surface area contributed by atoms with Crippen molar-refractivity contribution in [3.05, 3.63) is 237 Å². The van der Waals surface area contributed by atoms with Crippen LogP contribution in [0.3, 0.4) is 0 Å². The first-order valence-electron chi connectivity index (χ1n) is 20.5. The lowest BCUT2D eigenvalue weighted by Gasteiger charge is -2.27. The molecule has 0 aliphatic heterocycles. The van der Waals surface area contributed by atoms with Crippen LogP contribution in [0, 0.1) is 0 Å². The van der Waals surface area contributed by atoms with Crippen molar-refractivity contribution in [2.45, 2.75) is 0 Å². The van der Waals surface area contributed by atoms with Crippen LogP contribution >= 0.6 is 0 Å². The second kappa shape index (κ2) is 15.1. The van der Waals surface area contributed by atoms with Gasteiger partial charge in [0.1, 0.15) is 11.3 Å². The molecule has 1 aromatic heterocycles. The highest BCUT2D eigenvalue weighted by Crippen LogP contribution is 2.41. The van der Waals surface area contributed by atoms with Crippen molar-refractivity contribution in [1.82, 2.24) is 0 Å². The Morgan fingerprint density at radius 3 is 1.32 bits per heavy atom. The van der Waals surface area contributed by atoms with Crippen LogP contribution in [-0.4, -0.2) is 0 Å². The highest BCUT2D eigenvalue weighted by atomic mass is 16.3. The molecular formula is C58H39NO. The smallest absolute Gasteiger partial charge is 0.136 e. The molecule has 0 radical (unpaired) electrons. The zero-order valence-corrected chi connectivity index (χ0v) is 32.9. The summed E-state index contributed by atoms with van der Waals surface area (Å²) in [7, 11) is 0. The third kappa shape index (κ3) is 6.51. The molecule has 60 heavy (non-hydrogen) atoms. The minimum atomic E-state index is 0.878. The molecule has 0 amide bonds. The minimum Gasteiger partial charge on any atom is -0.456 e. The third-order valence-electron chi connectivity index (χ3n) is 11.7. The van der Waals surface area contributed by atoms with Crippen molar-refractivity contribution < 1.29 is 4.42 Å². The van der Waals surface area contributed by atoms with Crippen LogP contribution in [0.1, 0.15) is 0 Å². The van der Waals surface area contributed by atoms with E-state index in [1.807, 2.05) is 18.2 Å². The van der Waals surface area contributed by atoms with Gasteiger partial charge < -0.3 is 9.32 Å². The summed E-state index contributed by atoms with van der Waals surface area (Å²) in [6.45, 7) is 0. The van der Waals surface area contributed by atoms with Crippen molar-refractivity contribution in [2.24, 2.45) is 0 Å². The Balaban J connectivity index is 0.900. The summed E-state index contributed by atoms with van der Waals surface area (Å²) in [5.41, 5.74) is 14.8. The molecule has 0 fully saturated rings. The zero-order valence-electron chi connectivity index (χ0n) is 32.9. The number of hydrogen-bond acceptors (Lipinski definition) is 2. The normalized spacial score (nSPS) is 11.3. The first kappa shape index (κ1) is 35.2. The summed E-state index contributed by atoms with van der Waals surface area (Å²) in [6, 6.07) is 84.8. The van der Waals surface area contributed by atoms with Gasteiger partial charge in [-0.05, 0) is 103 Å². The van der Waals surface area contributed by atoms with Crippen LogP contribution in [0.25, 0.3) is 88.3 Å². The second-order valence-electron chi connectivity index (χ2n) is 15.3. The molecule has 282 valence electrons. The molecule has 2 heteroatoms. The number of para-hydroxylation sites is 1. The Labute approximate surface area is 349 Å². The number of rotatable bonds is 8. The van der Waals surface area contributed by atoms with Crippen LogP contribution < -0.4 is 4.90 Å². The third-order valence-corrected chi connectivity index (χ3v) is 11.7. The van der Waals surface area contributed by atoms with Crippen LogP contribution in [0.2, 0.25) is 0 Å². The zero-order chi connectivity index (χ0) is 39.8. The molecule has 0 aliphatic carbocycles. The fourth-order valence-electron chi connectivity index (χ4n) is 8.66. The summed E-state index contributed by atoms with van der Waals surface area (Å²) in [5.74, 6) is 0.878. The highest BCUT2D eigenvalue weighted by Gasteiger charge is 2.17. The largest absolute Gasteiger partial charge is 0.456 e. The Morgan fingerprint density at radius 2 is 0.700 bits per heavy atom. The van der Waals surface area contributed by atoms with Gasteiger partial charge in [-0.3, -0.25) is 0 Å². The fourth-order valence-corrected chi connectivity index (χ4v) is 8.66. The van der Waals surface area contributed by atoms with Crippen LogP contribution in [0.5, 0.6) is 0 Å². The lowest BCUT2D eigenvalue weighted by atomic mass is 9.95. The van der Waals surface area contributed by atoms with E-state index in [4.69, 9.17) is 4.42 Å². The molecule has 10 aromatic carbocycles. The van der Waals surface area contributed by atoms with Crippen molar-refractivity contribution in [3.63, 3.8) is 0 Å². The quantitative estimate of drug-likeness (QED) is 0.153. The number of anilines is 3. The molecule has 0 saturated carbocycles. The Kier molecular flexibility index (Phi) is 8.87. The van der Waals surface area contributed by atoms with Crippen molar-refractivity contribution in [2.75, 3.05) is 4.90 Å². The maximum atomic E-state index is 6.28. The van der Waals surface area contributed by atoms with Gasteiger partial charge >= 0.3 is 0 Å². The summed E-state index contributed by atoms with van der Waals surface area (Å²) < 4.78 is 6.28. The Hall–Kier alpha value is -7.94. The summed E-state index contributed by atoms with van der Waals surface area (Å²) in [6.07, 6.45) is 0. The maximum absolute atomic E-state index is 6.28. The lowest BCUT2D eigenvalue weighted by molar-refractivity contribution is 0.632.